The summed E-state index contributed by atoms with van der Waals surface area (Å²) in [5, 5.41) is 9.24. The van der Waals surface area contributed by atoms with Crippen LogP contribution in [0, 0.1) is 17.3 Å². The number of carboxylic acids is 1. The van der Waals surface area contributed by atoms with Crippen LogP contribution < -0.4 is 4.72 Å². The number of hydrogen-bond donors (Lipinski definition) is 2. The van der Waals surface area contributed by atoms with Gasteiger partial charge in [-0.1, -0.05) is 26.8 Å². The molecule has 1 saturated carbocycles. The van der Waals surface area contributed by atoms with Gasteiger partial charge in [0.05, 0.1) is 11.7 Å². The molecule has 2 N–H and O–H groups in total. The van der Waals surface area contributed by atoms with Gasteiger partial charge in [0.15, 0.2) is 0 Å². The molecule has 1 rings (SSSR count). The van der Waals surface area contributed by atoms with Crippen LogP contribution in [0.25, 0.3) is 0 Å². The van der Waals surface area contributed by atoms with Crippen molar-refractivity contribution in [3.8, 4) is 0 Å². The van der Waals surface area contributed by atoms with Crippen LogP contribution in [0.2, 0.25) is 0 Å². The lowest BCUT2D eigenvalue weighted by molar-refractivity contribution is -0.150. The second-order valence-corrected chi connectivity index (χ2v) is 7.67. The average Bonchev–Trinajstić information content (AvgIpc) is 2.24. The van der Waals surface area contributed by atoms with Gasteiger partial charge in [-0.05, 0) is 24.2 Å². The Bertz CT molecular complexity index is 455. The Morgan fingerprint density at radius 2 is 2.05 bits per heavy atom. The van der Waals surface area contributed by atoms with Crippen molar-refractivity contribution in [2.24, 2.45) is 17.3 Å². The smallest absolute Gasteiger partial charge is 0.307 e. The number of aliphatic carboxylic acids is 1. The molecule has 19 heavy (non-hydrogen) atoms. The van der Waals surface area contributed by atoms with Crippen LogP contribution in [0.15, 0.2) is 12.7 Å². The summed E-state index contributed by atoms with van der Waals surface area (Å²) in [7, 11) is -3.37. The summed E-state index contributed by atoms with van der Waals surface area (Å²) in [4.78, 5) is 11.3. The van der Waals surface area contributed by atoms with E-state index in [1.165, 1.54) is 6.08 Å². The summed E-state index contributed by atoms with van der Waals surface area (Å²) in [5.41, 5.74) is -0.439. The van der Waals surface area contributed by atoms with Gasteiger partial charge >= 0.3 is 5.97 Å². The van der Waals surface area contributed by atoms with E-state index in [1.807, 2.05) is 20.8 Å². The van der Waals surface area contributed by atoms with Crippen molar-refractivity contribution in [1.29, 1.82) is 0 Å². The van der Waals surface area contributed by atoms with Crippen molar-refractivity contribution in [2.75, 3.05) is 5.75 Å². The van der Waals surface area contributed by atoms with E-state index in [9.17, 15) is 18.3 Å². The molecule has 0 aromatic rings. The zero-order valence-electron chi connectivity index (χ0n) is 11.7. The van der Waals surface area contributed by atoms with Gasteiger partial charge in [0.1, 0.15) is 0 Å². The molecule has 0 spiro atoms. The Balaban J connectivity index is 2.87. The largest absolute Gasteiger partial charge is 0.481 e. The second kappa shape index (κ2) is 5.63. The van der Waals surface area contributed by atoms with E-state index in [0.29, 0.717) is 12.8 Å². The molecule has 0 aromatic carbocycles. The molecule has 1 aliphatic rings. The van der Waals surface area contributed by atoms with E-state index in [0.717, 1.165) is 0 Å². The quantitative estimate of drug-likeness (QED) is 0.753. The molecule has 5 nitrogen and oxygen atoms in total. The minimum atomic E-state index is -3.37. The van der Waals surface area contributed by atoms with Gasteiger partial charge < -0.3 is 5.11 Å². The van der Waals surface area contributed by atoms with Crippen molar-refractivity contribution < 1.29 is 18.3 Å². The molecule has 0 amide bonds. The van der Waals surface area contributed by atoms with Gasteiger partial charge in [-0.15, -0.1) is 6.58 Å². The molecular weight excluding hydrogens is 266 g/mol. The molecule has 0 heterocycles. The number of carboxylic acid groups (broad SMARTS) is 1. The molecule has 0 saturated heterocycles. The number of carbonyl (C=O) groups is 1. The van der Waals surface area contributed by atoms with Crippen molar-refractivity contribution in [2.45, 2.75) is 39.7 Å². The Morgan fingerprint density at radius 3 is 2.53 bits per heavy atom. The Hall–Kier alpha value is -0.880. The molecule has 1 aliphatic carbocycles. The summed E-state index contributed by atoms with van der Waals surface area (Å²) in [6.45, 7) is 9.12. The minimum absolute atomic E-state index is 0.0399. The molecule has 1 fully saturated rings. The number of rotatable bonds is 5. The molecule has 0 radical (unpaired) electrons. The van der Waals surface area contributed by atoms with Gasteiger partial charge in [-0.25, -0.2) is 13.1 Å². The number of nitrogens with one attached hydrogen (secondary N) is 1. The van der Waals surface area contributed by atoms with Gasteiger partial charge in [0, 0.05) is 6.04 Å². The summed E-state index contributed by atoms with van der Waals surface area (Å²) in [5.74, 6) is -1.38. The minimum Gasteiger partial charge on any atom is -0.481 e. The van der Waals surface area contributed by atoms with Crippen LogP contribution in [-0.2, 0) is 14.8 Å². The van der Waals surface area contributed by atoms with Crippen molar-refractivity contribution in [1.82, 2.24) is 4.72 Å². The Morgan fingerprint density at radius 1 is 1.47 bits per heavy atom. The highest BCUT2D eigenvalue weighted by Crippen LogP contribution is 2.45. The summed E-state index contributed by atoms with van der Waals surface area (Å²) in [6.07, 6.45) is 2.40. The van der Waals surface area contributed by atoms with Crippen LogP contribution in [0.1, 0.15) is 33.6 Å². The third-order valence-electron chi connectivity index (χ3n) is 4.41. The van der Waals surface area contributed by atoms with Crippen LogP contribution in [-0.4, -0.2) is 31.3 Å². The van der Waals surface area contributed by atoms with E-state index in [2.05, 4.69) is 11.3 Å². The average molecular weight is 289 g/mol. The fourth-order valence-electron chi connectivity index (χ4n) is 2.84. The molecule has 3 atom stereocenters. The van der Waals surface area contributed by atoms with Gasteiger partial charge in [0.2, 0.25) is 10.0 Å². The molecular formula is C13H23NO4S. The maximum absolute atomic E-state index is 11.8. The van der Waals surface area contributed by atoms with E-state index < -0.39 is 27.3 Å². The molecule has 0 bridgehead atoms. The lowest BCUT2D eigenvalue weighted by atomic mass is 9.61. The zero-order valence-corrected chi connectivity index (χ0v) is 12.5. The molecule has 0 aliphatic heterocycles. The first-order chi connectivity index (χ1) is 8.62. The summed E-state index contributed by atoms with van der Waals surface area (Å²) in [6, 6.07) is -0.212. The molecule has 110 valence electrons. The third-order valence-corrected chi connectivity index (χ3v) is 5.74. The Labute approximate surface area is 115 Å². The SMILES string of the molecule is C=CCS(=O)(=O)NC1CCC(C(=O)O)C(C)(C)C1C. The lowest BCUT2D eigenvalue weighted by Gasteiger charge is -2.46. The maximum atomic E-state index is 11.8. The molecule has 6 heteroatoms. The zero-order chi connectivity index (χ0) is 14.8. The lowest BCUT2D eigenvalue weighted by Crippen LogP contribution is -2.52. The van der Waals surface area contributed by atoms with Crippen molar-refractivity contribution in [3.63, 3.8) is 0 Å². The summed E-state index contributed by atoms with van der Waals surface area (Å²) >= 11 is 0. The van der Waals surface area contributed by atoms with Crippen molar-refractivity contribution >= 4 is 16.0 Å². The van der Waals surface area contributed by atoms with Crippen molar-refractivity contribution in [3.05, 3.63) is 12.7 Å². The van der Waals surface area contributed by atoms with Crippen LogP contribution in [0.3, 0.4) is 0 Å². The normalized spacial score (nSPS) is 30.8. The fourth-order valence-corrected chi connectivity index (χ4v) is 4.03. The van der Waals surface area contributed by atoms with E-state index >= 15 is 0 Å². The highest BCUT2D eigenvalue weighted by atomic mass is 32.2. The predicted octanol–water partition coefficient (Wildman–Crippen LogP) is 1.62. The number of hydrogen-bond acceptors (Lipinski definition) is 3. The van der Waals surface area contributed by atoms with Gasteiger partial charge in [0.25, 0.3) is 0 Å². The van der Waals surface area contributed by atoms with Gasteiger partial charge in [-0.3, -0.25) is 4.79 Å². The van der Waals surface area contributed by atoms with Gasteiger partial charge in [-0.2, -0.15) is 0 Å². The van der Waals surface area contributed by atoms with E-state index in [-0.39, 0.29) is 17.7 Å². The monoisotopic (exact) mass is 289 g/mol. The third kappa shape index (κ3) is 3.57. The number of sulfonamides is 1. The highest BCUT2D eigenvalue weighted by molar-refractivity contribution is 7.89. The maximum Gasteiger partial charge on any atom is 0.307 e. The molecule has 3 unspecified atom stereocenters. The molecule has 0 aromatic heterocycles. The predicted molar refractivity (Wildman–Crippen MR) is 74.2 cm³/mol. The first kappa shape index (κ1) is 16.2. The standard InChI is InChI=1S/C13H23NO4S/c1-5-8-19(17,18)14-11-7-6-10(12(15)16)13(3,4)9(11)2/h5,9-11,14H,1,6-8H2,2-4H3,(H,15,16). The fraction of sp³-hybridized carbons (Fsp3) is 0.769. The van der Waals surface area contributed by atoms with Crippen LogP contribution in [0.5, 0.6) is 0 Å². The first-order valence-corrected chi connectivity index (χ1v) is 8.10. The van der Waals surface area contributed by atoms with E-state index in [4.69, 9.17) is 0 Å². The van der Waals surface area contributed by atoms with E-state index in [1.54, 1.807) is 0 Å². The second-order valence-electron chi connectivity index (χ2n) is 5.87. The highest BCUT2D eigenvalue weighted by Gasteiger charge is 2.46. The first-order valence-electron chi connectivity index (χ1n) is 6.45. The Kier molecular flexibility index (Phi) is 4.79. The van der Waals surface area contributed by atoms with Crippen LogP contribution >= 0.6 is 0 Å². The van der Waals surface area contributed by atoms with Crippen LogP contribution in [0.4, 0.5) is 0 Å². The summed E-state index contributed by atoms with van der Waals surface area (Å²) < 4.78 is 26.2. The topological polar surface area (TPSA) is 83.5 Å².